The van der Waals surface area contributed by atoms with Crippen molar-refractivity contribution in [1.29, 1.82) is 5.26 Å². The Balaban J connectivity index is 2.09. The van der Waals surface area contributed by atoms with E-state index in [2.05, 4.69) is 11.4 Å². The molecule has 6 heteroatoms. The van der Waals surface area contributed by atoms with Gasteiger partial charge in [-0.1, -0.05) is 19.4 Å². The highest BCUT2D eigenvalue weighted by molar-refractivity contribution is 7.16. The third kappa shape index (κ3) is 4.70. The number of hydrogen-bond acceptors (Lipinski definition) is 5. The van der Waals surface area contributed by atoms with Crippen LogP contribution in [-0.4, -0.2) is 18.0 Å². The fourth-order valence-electron chi connectivity index (χ4n) is 2.86. The summed E-state index contributed by atoms with van der Waals surface area (Å²) >= 11 is 1.47. The molecular formula is C19H24N2O3S. The molecule has 1 amide bonds. The molecule has 1 aromatic heterocycles. The van der Waals surface area contributed by atoms with Gasteiger partial charge in [-0.3, -0.25) is 4.79 Å². The minimum Gasteiger partial charge on any atom is -0.449 e. The fourth-order valence-corrected chi connectivity index (χ4v) is 4.10. The number of allylic oxidation sites excluding steroid dienone is 1. The number of thiophene rings is 1. The summed E-state index contributed by atoms with van der Waals surface area (Å²) in [4.78, 5) is 25.5. The van der Waals surface area contributed by atoms with Crippen LogP contribution in [-0.2, 0) is 27.2 Å². The van der Waals surface area contributed by atoms with Crippen LogP contribution in [0.5, 0.6) is 0 Å². The Hall–Kier alpha value is -2.13. The summed E-state index contributed by atoms with van der Waals surface area (Å²) in [5.74, 6) is -0.905. The first kappa shape index (κ1) is 19.2. The molecule has 0 fully saturated rings. The molecule has 134 valence electrons. The van der Waals surface area contributed by atoms with Gasteiger partial charge in [-0.15, -0.1) is 11.3 Å². The maximum absolute atomic E-state index is 12.4. The number of anilines is 1. The molecule has 0 spiro atoms. The summed E-state index contributed by atoms with van der Waals surface area (Å²) in [5.41, 5.74) is 2.13. The number of nitriles is 1. The predicted molar refractivity (Wildman–Crippen MR) is 98.5 cm³/mol. The van der Waals surface area contributed by atoms with E-state index in [9.17, 15) is 14.9 Å². The van der Waals surface area contributed by atoms with Gasteiger partial charge in [0.2, 0.25) is 0 Å². The van der Waals surface area contributed by atoms with Crippen molar-refractivity contribution in [2.45, 2.75) is 65.4 Å². The van der Waals surface area contributed by atoms with Crippen molar-refractivity contribution in [3.05, 3.63) is 27.7 Å². The number of nitrogens with one attached hydrogen (secondary N) is 1. The van der Waals surface area contributed by atoms with Gasteiger partial charge in [0.05, 0.1) is 5.56 Å². The molecule has 1 aliphatic rings. The van der Waals surface area contributed by atoms with Crippen molar-refractivity contribution in [3.8, 4) is 6.07 Å². The first-order chi connectivity index (χ1) is 12.0. The van der Waals surface area contributed by atoms with Gasteiger partial charge < -0.3 is 10.1 Å². The maximum atomic E-state index is 12.4. The summed E-state index contributed by atoms with van der Waals surface area (Å²) < 4.78 is 5.20. The zero-order valence-electron chi connectivity index (χ0n) is 15.0. The van der Waals surface area contributed by atoms with Crippen LogP contribution in [0.1, 0.15) is 62.5 Å². The highest BCUT2D eigenvalue weighted by atomic mass is 32.1. The van der Waals surface area contributed by atoms with Gasteiger partial charge in [0, 0.05) is 10.5 Å². The number of ether oxygens (including phenoxy) is 1. The molecule has 1 N–H and O–H groups in total. The van der Waals surface area contributed by atoms with E-state index < -0.39 is 18.0 Å². The van der Waals surface area contributed by atoms with Gasteiger partial charge in [-0.05, 0) is 51.5 Å². The van der Waals surface area contributed by atoms with Crippen LogP contribution in [0, 0.1) is 11.3 Å². The highest BCUT2D eigenvalue weighted by Crippen LogP contribution is 2.37. The Morgan fingerprint density at radius 2 is 2.08 bits per heavy atom. The molecule has 1 heterocycles. The van der Waals surface area contributed by atoms with Gasteiger partial charge in [0.25, 0.3) is 5.91 Å². The number of amides is 1. The summed E-state index contributed by atoms with van der Waals surface area (Å²) in [6, 6.07) is 2.23. The van der Waals surface area contributed by atoms with Crippen molar-refractivity contribution in [2.24, 2.45) is 0 Å². The zero-order valence-corrected chi connectivity index (χ0v) is 15.8. The molecule has 0 aromatic carbocycles. The Labute approximate surface area is 152 Å². The first-order valence-electron chi connectivity index (χ1n) is 8.71. The Bertz CT molecular complexity index is 728. The van der Waals surface area contributed by atoms with E-state index in [1.54, 1.807) is 13.0 Å². The topological polar surface area (TPSA) is 79.2 Å². The second-order valence-corrected chi connectivity index (χ2v) is 7.32. The largest absolute Gasteiger partial charge is 0.449 e. The van der Waals surface area contributed by atoms with Crippen LogP contribution < -0.4 is 5.32 Å². The van der Waals surface area contributed by atoms with E-state index in [0.717, 1.165) is 37.7 Å². The molecule has 0 saturated carbocycles. The fraction of sp³-hybridized carbons (Fsp3) is 0.526. The molecule has 0 bridgehead atoms. The molecule has 0 saturated heterocycles. The van der Waals surface area contributed by atoms with Crippen LogP contribution in [0.15, 0.2) is 11.6 Å². The van der Waals surface area contributed by atoms with E-state index in [1.165, 1.54) is 29.6 Å². The summed E-state index contributed by atoms with van der Waals surface area (Å²) in [7, 11) is 0. The van der Waals surface area contributed by atoms with Crippen LogP contribution in [0.25, 0.3) is 0 Å². The molecule has 1 aliphatic carbocycles. The summed E-state index contributed by atoms with van der Waals surface area (Å²) in [5, 5.41) is 12.8. The minimum atomic E-state index is -0.916. The van der Waals surface area contributed by atoms with Crippen molar-refractivity contribution < 1.29 is 14.3 Å². The molecule has 2 rings (SSSR count). The lowest BCUT2D eigenvalue weighted by Crippen LogP contribution is -2.30. The lowest BCUT2D eigenvalue weighted by molar-refractivity contribution is -0.149. The monoisotopic (exact) mass is 360 g/mol. The lowest BCUT2D eigenvalue weighted by atomic mass is 10.1. The number of fused-ring (bicyclic) bond motifs is 1. The molecule has 1 aromatic rings. The third-order valence-corrected chi connectivity index (χ3v) is 5.46. The molecule has 25 heavy (non-hydrogen) atoms. The summed E-state index contributed by atoms with van der Waals surface area (Å²) in [6.07, 6.45) is 6.77. The van der Waals surface area contributed by atoms with Gasteiger partial charge in [0.15, 0.2) is 6.10 Å². The second kappa shape index (κ2) is 8.82. The number of esters is 1. The van der Waals surface area contributed by atoms with Crippen LogP contribution in [0.2, 0.25) is 0 Å². The van der Waals surface area contributed by atoms with E-state index in [0.29, 0.717) is 16.1 Å². The molecular weight excluding hydrogens is 336 g/mol. The number of carbonyl (C=O) groups is 2. The SMILES string of the molecule is CC/C=C(/C)C(=O)OC(C)C(=O)Nc1sc2c(c1C#N)CCCCC2. The van der Waals surface area contributed by atoms with Crippen molar-refractivity contribution in [3.63, 3.8) is 0 Å². The third-order valence-electron chi connectivity index (χ3n) is 4.26. The number of aryl methyl sites for hydroxylation is 1. The van der Waals surface area contributed by atoms with Gasteiger partial charge in [0.1, 0.15) is 11.1 Å². The second-order valence-electron chi connectivity index (χ2n) is 6.21. The normalized spacial score (nSPS) is 15.5. The molecule has 1 unspecified atom stereocenters. The van der Waals surface area contributed by atoms with E-state index in [-0.39, 0.29) is 0 Å². The molecule has 5 nitrogen and oxygen atoms in total. The maximum Gasteiger partial charge on any atom is 0.334 e. The predicted octanol–water partition coefficient (Wildman–Crippen LogP) is 4.12. The van der Waals surface area contributed by atoms with Crippen LogP contribution in [0.4, 0.5) is 5.00 Å². The average Bonchev–Trinajstić information content (AvgIpc) is 2.74. The van der Waals surface area contributed by atoms with E-state index >= 15 is 0 Å². The molecule has 1 atom stereocenters. The number of rotatable bonds is 5. The first-order valence-corrected chi connectivity index (χ1v) is 9.52. The van der Waals surface area contributed by atoms with Gasteiger partial charge in [-0.2, -0.15) is 5.26 Å². The van der Waals surface area contributed by atoms with E-state index in [1.807, 2.05) is 6.92 Å². The van der Waals surface area contributed by atoms with E-state index in [4.69, 9.17) is 4.74 Å². The van der Waals surface area contributed by atoms with Crippen molar-refractivity contribution in [2.75, 3.05) is 5.32 Å². The lowest BCUT2D eigenvalue weighted by Gasteiger charge is -2.13. The average molecular weight is 360 g/mol. The van der Waals surface area contributed by atoms with Crippen LogP contribution >= 0.6 is 11.3 Å². The number of carbonyl (C=O) groups excluding carboxylic acids is 2. The summed E-state index contributed by atoms with van der Waals surface area (Å²) in [6.45, 7) is 5.13. The van der Waals surface area contributed by atoms with Gasteiger partial charge in [-0.25, -0.2) is 4.79 Å². The standard InChI is InChI=1S/C19H24N2O3S/c1-4-8-12(2)19(23)24-13(3)17(22)21-18-15(11-20)14-9-6-5-7-10-16(14)25-18/h8,13H,4-7,9-10H2,1-3H3,(H,21,22)/b12-8-. The quantitative estimate of drug-likeness (QED) is 0.487. The van der Waals surface area contributed by atoms with Crippen LogP contribution in [0.3, 0.4) is 0 Å². The Kier molecular flexibility index (Phi) is 6.77. The molecule has 0 radical (unpaired) electrons. The number of nitrogens with zero attached hydrogens (tertiary/aromatic N) is 1. The smallest absolute Gasteiger partial charge is 0.334 e. The number of hydrogen-bond donors (Lipinski definition) is 1. The van der Waals surface area contributed by atoms with Crippen molar-refractivity contribution >= 4 is 28.2 Å². The van der Waals surface area contributed by atoms with Crippen molar-refractivity contribution in [1.82, 2.24) is 0 Å². The molecule has 0 aliphatic heterocycles. The van der Waals surface area contributed by atoms with Gasteiger partial charge >= 0.3 is 5.97 Å². The highest BCUT2D eigenvalue weighted by Gasteiger charge is 2.24. The Morgan fingerprint density at radius 1 is 1.36 bits per heavy atom. The minimum absolute atomic E-state index is 0.412. The zero-order chi connectivity index (χ0) is 18.4. The Morgan fingerprint density at radius 3 is 2.76 bits per heavy atom.